The molecule has 2 aromatic rings. The van der Waals surface area contributed by atoms with Crippen molar-refractivity contribution in [2.45, 2.75) is 50.5 Å². The molecule has 2 amide bonds. The van der Waals surface area contributed by atoms with Gasteiger partial charge in [-0.3, -0.25) is 0 Å². The first-order valence-corrected chi connectivity index (χ1v) is 8.87. The third-order valence-electron chi connectivity index (χ3n) is 5.28. The first-order chi connectivity index (χ1) is 12.1. The van der Waals surface area contributed by atoms with Crippen LogP contribution >= 0.6 is 0 Å². The Hall–Kier alpha value is -2.34. The Bertz CT molecular complexity index is 797. The van der Waals surface area contributed by atoms with Gasteiger partial charge in [-0.2, -0.15) is 0 Å². The van der Waals surface area contributed by atoms with Crippen LogP contribution in [0, 0.1) is 6.92 Å². The minimum Gasteiger partial charge on any atom is -0.394 e. The number of carbonyl (C=O) groups excluding carboxylic acids is 1. The Morgan fingerprint density at radius 3 is 2.96 bits per heavy atom. The van der Waals surface area contributed by atoms with Crippen LogP contribution in [0.2, 0.25) is 0 Å². The fraction of sp³-hybridized carbons (Fsp3) is 0.474. The average Bonchev–Trinajstić information content (AvgIpc) is 3.40. The number of aliphatic hydroxyl groups is 1. The van der Waals surface area contributed by atoms with E-state index < -0.39 is 5.54 Å². The Balaban J connectivity index is 1.57. The van der Waals surface area contributed by atoms with Crippen LogP contribution in [0.15, 0.2) is 28.8 Å². The number of nitrogens with one attached hydrogen (secondary N) is 2. The maximum Gasteiger partial charge on any atom is 0.320 e. The molecular weight excluding hydrogens is 318 g/mol. The lowest BCUT2D eigenvalue weighted by Gasteiger charge is -2.38. The predicted octanol–water partition coefficient (Wildman–Crippen LogP) is 3.21. The van der Waals surface area contributed by atoms with E-state index in [0.717, 1.165) is 37.0 Å². The summed E-state index contributed by atoms with van der Waals surface area (Å²) in [6.45, 7) is 1.69. The molecule has 6 nitrogen and oxygen atoms in total. The van der Waals surface area contributed by atoms with E-state index in [4.69, 9.17) is 4.52 Å². The average molecular weight is 341 g/mol. The molecule has 6 heteroatoms. The Kier molecular flexibility index (Phi) is 4.00. The Morgan fingerprint density at radius 1 is 1.40 bits per heavy atom. The molecule has 1 saturated carbocycles. The number of benzene rings is 1. The van der Waals surface area contributed by atoms with Crippen molar-refractivity contribution in [3.63, 3.8) is 0 Å². The fourth-order valence-corrected chi connectivity index (χ4v) is 3.78. The van der Waals surface area contributed by atoms with Gasteiger partial charge in [0.05, 0.1) is 12.1 Å². The van der Waals surface area contributed by atoms with E-state index in [1.54, 1.807) is 0 Å². The SMILES string of the molecule is Cc1noc(C2CC2)c1NC(=O)N[C@]1(CO)CCCc2ccccc21. The zero-order chi connectivity index (χ0) is 17.4. The molecule has 0 saturated heterocycles. The normalized spacial score (nSPS) is 22.3. The number of hydrogen-bond donors (Lipinski definition) is 3. The van der Waals surface area contributed by atoms with E-state index in [1.807, 2.05) is 25.1 Å². The Morgan fingerprint density at radius 2 is 2.20 bits per heavy atom. The molecule has 1 aromatic carbocycles. The van der Waals surface area contributed by atoms with Gasteiger partial charge in [-0.1, -0.05) is 29.4 Å². The lowest BCUT2D eigenvalue weighted by Crippen LogP contribution is -2.52. The molecule has 0 spiro atoms. The molecule has 25 heavy (non-hydrogen) atoms. The summed E-state index contributed by atoms with van der Waals surface area (Å²) in [5.74, 6) is 1.12. The molecule has 1 atom stereocenters. The van der Waals surface area contributed by atoms with Crippen LogP contribution in [0.3, 0.4) is 0 Å². The molecule has 3 N–H and O–H groups in total. The molecule has 2 aliphatic rings. The van der Waals surface area contributed by atoms with Gasteiger partial charge in [0, 0.05) is 5.92 Å². The number of aromatic nitrogens is 1. The van der Waals surface area contributed by atoms with Crippen LogP contribution in [-0.4, -0.2) is 22.9 Å². The number of aryl methyl sites for hydroxylation is 2. The maximum atomic E-state index is 12.7. The highest BCUT2D eigenvalue weighted by atomic mass is 16.5. The molecule has 0 bridgehead atoms. The van der Waals surface area contributed by atoms with Crippen molar-refractivity contribution in [3.8, 4) is 0 Å². The van der Waals surface area contributed by atoms with Crippen molar-refractivity contribution in [1.29, 1.82) is 0 Å². The third-order valence-corrected chi connectivity index (χ3v) is 5.28. The zero-order valence-corrected chi connectivity index (χ0v) is 14.3. The maximum absolute atomic E-state index is 12.7. The minimum atomic E-state index is -0.746. The predicted molar refractivity (Wildman–Crippen MR) is 93.5 cm³/mol. The standard InChI is InChI=1S/C19H23N3O3/c1-12-16(17(25-22-12)14-8-9-14)20-18(24)21-19(11-23)10-4-6-13-5-2-3-7-15(13)19/h2-3,5,7,14,23H,4,6,8-11H2,1H3,(H2,20,21,24)/t19-/m0/s1. The first-order valence-electron chi connectivity index (χ1n) is 8.87. The van der Waals surface area contributed by atoms with Crippen LogP contribution in [0.5, 0.6) is 0 Å². The van der Waals surface area contributed by atoms with Crippen LogP contribution in [0.25, 0.3) is 0 Å². The zero-order valence-electron chi connectivity index (χ0n) is 14.3. The second-order valence-corrected chi connectivity index (χ2v) is 7.11. The van der Waals surface area contributed by atoms with Gasteiger partial charge >= 0.3 is 6.03 Å². The molecule has 0 radical (unpaired) electrons. The summed E-state index contributed by atoms with van der Waals surface area (Å²) in [4.78, 5) is 12.7. The smallest absolute Gasteiger partial charge is 0.320 e. The van der Waals surface area contributed by atoms with Gasteiger partial charge in [0.15, 0.2) is 5.76 Å². The molecule has 1 heterocycles. The molecule has 4 rings (SSSR count). The molecule has 2 aliphatic carbocycles. The number of anilines is 1. The molecule has 0 aliphatic heterocycles. The van der Waals surface area contributed by atoms with Gasteiger partial charge in [-0.15, -0.1) is 0 Å². The summed E-state index contributed by atoms with van der Waals surface area (Å²) in [6, 6.07) is 7.66. The number of aliphatic hydroxyl groups excluding tert-OH is 1. The summed E-state index contributed by atoms with van der Waals surface area (Å²) < 4.78 is 5.38. The van der Waals surface area contributed by atoms with E-state index in [0.29, 0.717) is 23.7 Å². The van der Waals surface area contributed by atoms with Crippen molar-refractivity contribution < 1.29 is 14.4 Å². The number of fused-ring (bicyclic) bond motifs is 1. The number of nitrogens with zero attached hydrogens (tertiary/aromatic N) is 1. The van der Waals surface area contributed by atoms with Crippen molar-refractivity contribution in [2.24, 2.45) is 0 Å². The van der Waals surface area contributed by atoms with E-state index >= 15 is 0 Å². The molecule has 132 valence electrons. The van der Waals surface area contributed by atoms with E-state index in [2.05, 4.69) is 21.9 Å². The number of rotatable bonds is 4. The van der Waals surface area contributed by atoms with Gasteiger partial charge in [0.25, 0.3) is 0 Å². The summed E-state index contributed by atoms with van der Waals surface area (Å²) in [7, 11) is 0. The van der Waals surface area contributed by atoms with E-state index in [9.17, 15) is 9.90 Å². The van der Waals surface area contributed by atoms with Gasteiger partial charge in [0.1, 0.15) is 11.4 Å². The first kappa shape index (κ1) is 16.1. The number of hydrogen-bond acceptors (Lipinski definition) is 4. The fourth-order valence-electron chi connectivity index (χ4n) is 3.78. The van der Waals surface area contributed by atoms with Crippen molar-refractivity contribution in [2.75, 3.05) is 11.9 Å². The van der Waals surface area contributed by atoms with Gasteiger partial charge < -0.3 is 20.3 Å². The number of urea groups is 1. The molecule has 0 unspecified atom stereocenters. The summed E-state index contributed by atoms with van der Waals surface area (Å²) >= 11 is 0. The highest BCUT2D eigenvalue weighted by Gasteiger charge is 2.38. The van der Waals surface area contributed by atoms with Crippen LogP contribution < -0.4 is 10.6 Å². The summed E-state index contributed by atoms with van der Waals surface area (Å²) in [5, 5.41) is 20.0. The lowest BCUT2D eigenvalue weighted by molar-refractivity contribution is 0.147. The highest BCUT2D eigenvalue weighted by molar-refractivity contribution is 5.91. The van der Waals surface area contributed by atoms with Gasteiger partial charge in [-0.25, -0.2) is 4.79 Å². The van der Waals surface area contributed by atoms with Crippen LogP contribution in [-0.2, 0) is 12.0 Å². The van der Waals surface area contributed by atoms with Gasteiger partial charge in [0.2, 0.25) is 0 Å². The second-order valence-electron chi connectivity index (χ2n) is 7.11. The number of amides is 2. The lowest BCUT2D eigenvalue weighted by atomic mass is 9.77. The third kappa shape index (κ3) is 2.91. The van der Waals surface area contributed by atoms with Crippen molar-refractivity contribution in [3.05, 3.63) is 46.8 Å². The van der Waals surface area contributed by atoms with Crippen LogP contribution in [0.4, 0.5) is 10.5 Å². The van der Waals surface area contributed by atoms with E-state index in [1.165, 1.54) is 5.56 Å². The Labute approximate surface area is 146 Å². The topological polar surface area (TPSA) is 87.4 Å². The summed E-state index contributed by atoms with van der Waals surface area (Å²) in [6.07, 6.45) is 4.75. The minimum absolute atomic E-state index is 0.129. The highest BCUT2D eigenvalue weighted by Crippen LogP contribution is 2.44. The van der Waals surface area contributed by atoms with Crippen molar-refractivity contribution >= 4 is 11.7 Å². The summed E-state index contributed by atoms with van der Waals surface area (Å²) in [5.41, 5.74) is 2.78. The van der Waals surface area contributed by atoms with E-state index in [-0.39, 0.29) is 12.6 Å². The van der Waals surface area contributed by atoms with Crippen LogP contribution in [0.1, 0.15) is 54.2 Å². The molecule has 1 fully saturated rings. The quantitative estimate of drug-likeness (QED) is 0.797. The van der Waals surface area contributed by atoms with Gasteiger partial charge in [-0.05, 0) is 50.2 Å². The second kappa shape index (κ2) is 6.19. The number of carbonyl (C=O) groups is 1. The monoisotopic (exact) mass is 341 g/mol. The molecule has 1 aromatic heterocycles. The largest absolute Gasteiger partial charge is 0.394 e. The van der Waals surface area contributed by atoms with Crippen molar-refractivity contribution in [1.82, 2.24) is 10.5 Å². The molecular formula is C19H23N3O3.